The zero-order valence-corrected chi connectivity index (χ0v) is 7.60. The van der Waals surface area contributed by atoms with Gasteiger partial charge in [0.05, 0.1) is 6.33 Å². The lowest BCUT2D eigenvalue weighted by Crippen LogP contribution is -2.30. The van der Waals surface area contributed by atoms with E-state index in [1.165, 1.54) is 0 Å². The SMILES string of the molecule is CC(CCC(=O)NN)n1ccnc1. The Balaban J connectivity index is 2.34. The predicted octanol–water partition coefficient (Wildman–Crippen LogP) is 0.214. The van der Waals surface area contributed by atoms with E-state index in [1.807, 2.05) is 17.7 Å². The van der Waals surface area contributed by atoms with Crippen molar-refractivity contribution in [1.82, 2.24) is 15.0 Å². The summed E-state index contributed by atoms with van der Waals surface area (Å²) >= 11 is 0. The summed E-state index contributed by atoms with van der Waals surface area (Å²) in [5, 5.41) is 0. The van der Waals surface area contributed by atoms with Gasteiger partial charge in [-0.05, 0) is 13.3 Å². The van der Waals surface area contributed by atoms with Crippen LogP contribution in [0.4, 0.5) is 0 Å². The Morgan fingerprint density at radius 3 is 3.08 bits per heavy atom. The number of rotatable bonds is 4. The van der Waals surface area contributed by atoms with Gasteiger partial charge in [-0.3, -0.25) is 10.2 Å². The van der Waals surface area contributed by atoms with Gasteiger partial charge in [-0.15, -0.1) is 0 Å². The molecule has 0 radical (unpaired) electrons. The molecule has 0 aliphatic heterocycles. The number of hydrogen-bond acceptors (Lipinski definition) is 3. The van der Waals surface area contributed by atoms with Crippen LogP contribution in [0.3, 0.4) is 0 Å². The third-order valence-corrected chi connectivity index (χ3v) is 1.98. The van der Waals surface area contributed by atoms with Gasteiger partial charge in [-0.25, -0.2) is 10.8 Å². The molecular formula is C8H14N4O. The number of hydrogen-bond donors (Lipinski definition) is 2. The van der Waals surface area contributed by atoms with Gasteiger partial charge in [-0.2, -0.15) is 0 Å². The molecule has 1 aromatic heterocycles. The number of nitrogens with zero attached hydrogens (tertiary/aromatic N) is 2. The van der Waals surface area contributed by atoms with Crippen LogP contribution in [-0.4, -0.2) is 15.5 Å². The van der Waals surface area contributed by atoms with Crippen molar-refractivity contribution in [2.75, 3.05) is 0 Å². The Morgan fingerprint density at radius 1 is 1.77 bits per heavy atom. The first-order valence-corrected chi connectivity index (χ1v) is 4.21. The summed E-state index contributed by atoms with van der Waals surface area (Å²) in [6.45, 7) is 2.03. The van der Waals surface area contributed by atoms with Crippen molar-refractivity contribution in [2.24, 2.45) is 5.84 Å². The normalized spacial score (nSPS) is 12.5. The number of amides is 1. The van der Waals surface area contributed by atoms with Crippen LogP contribution in [0.2, 0.25) is 0 Å². The summed E-state index contributed by atoms with van der Waals surface area (Å²) in [6.07, 6.45) is 6.55. The lowest BCUT2D eigenvalue weighted by atomic mass is 10.2. The van der Waals surface area contributed by atoms with E-state index >= 15 is 0 Å². The number of hydrazine groups is 1. The molecule has 1 heterocycles. The fourth-order valence-corrected chi connectivity index (χ4v) is 1.09. The van der Waals surface area contributed by atoms with Crippen LogP contribution < -0.4 is 11.3 Å². The van der Waals surface area contributed by atoms with E-state index in [9.17, 15) is 4.79 Å². The first-order valence-electron chi connectivity index (χ1n) is 4.21. The average Bonchev–Trinajstić information content (AvgIpc) is 2.66. The quantitative estimate of drug-likeness (QED) is 0.397. The largest absolute Gasteiger partial charge is 0.335 e. The smallest absolute Gasteiger partial charge is 0.233 e. The molecule has 72 valence electrons. The third kappa shape index (κ3) is 2.87. The average molecular weight is 182 g/mol. The number of carbonyl (C=O) groups excluding carboxylic acids is 1. The first-order chi connectivity index (χ1) is 6.24. The number of imidazole rings is 1. The van der Waals surface area contributed by atoms with Gasteiger partial charge in [0, 0.05) is 24.9 Å². The first kappa shape index (κ1) is 9.73. The van der Waals surface area contributed by atoms with Crippen molar-refractivity contribution in [2.45, 2.75) is 25.8 Å². The van der Waals surface area contributed by atoms with E-state index in [1.54, 1.807) is 12.5 Å². The lowest BCUT2D eigenvalue weighted by Gasteiger charge is -2.11. The molecule has 5 nitrogen and oxygen atoms in total. The zero-order valence-electron chi connectivity index (χ0n) is 7.60. The molecule has 1 atom stereocenters. The Bertz CT molecular complexity index is 257. The zero-order chi connectivity index (χ0) is 9.68. The molecule has 0 spiro atoms. The Labute approximate surface area is 76.9 Å². The van der Waals surface area contributed by atoms with Crippen molar-refractivity contribution >= 4 is 5.91 Å². The van der Waals surface area contributed by atoms with Crippen LogP contribution in [0.15, 0.2) is 18.7 Å². The minimum Gasteiger partial charge on any atom is -0.335 e. The van der Waals surface area contributed by atoms with Crippen molar-refractivity contribution in [3.8, 4) is 0 Å². The highest BCUT2D eigenvalue weighted by Gasteiger charge is 2.06. The minimum absolute atomic E-state index is 0.132. The van der Waals surface area contributed by atoms with E-state index in [4.69, 9.17) is 5.84 Å². The highest BCUT2D eigenvalue weighted by Crippen LogP contribution is 2.11. The van der Waals surface area contributed by atoms with Gasteiger partial charge in [0.1, 0.15) is 0 Å². The second-order valence-electron chi connectivity index (χ2n) is 2.97. The fourth-order valence-electron chi connectivity index (χ4n) is 1.09. The summed E-state index contributed by atoms with van der Waals surface area (Å²) in [5.74, 6) is 4.83. The number of nitrogens with one attached hydrogen (secondary N) is 1. The number of nitrogens with two attached hydrogens (primary N) is 1. The van der Waals surface area contributed by atoms with Crippen LogP contribution in [0.25, 0.3) is 0 Å². The molecule has 1 unspecified atom stereocenters. The van der Waals surface area contributed by atoms with E-state index in [2.05, 4.69) is 10.4 Å². The maximum absolute atomic E-state index is 10.8. The highest BCUT2D eigenvalue weighted by molar-refractivity contribution is 5.75. The van der Waals surface area contributed by atoms with Gasteiger partial charge in [0.15, 0.2) is 0 Å². The standard InChI is InChI=1S/C8H14N4O/c1-7(2-3-8(13)11-9)12-5-4-10-6-12/h4-7H,2-3,9H2,1H3,(H,11,13). The maximum Gasteiger partial charge on any atom is 0.233 e. The van der Waals surface area contributed by atoms with Crippen LogP contribution in [-0.2, 0) is 4.79 Å². The molecule has 0 bridgehead atoms. The molecule has 1 aromatic rings. The Hall–Kier alpha value is -1.36. The van der Waals surface area contributed by atoms with Crippen LogP contribution >= 0.6 is 0 Å². The predicted molar refractivity (Wildman–Crippen MR) is 48.5 cm³/mol. The molecule has 1 amide bonds. The summed E-state index contributed by atoms with van der Waals surface area (Å²) < 4.78 is 1.96. The summed E-state index contributed by atoms with van der Waals surface area (Å²) in [7, 11) is 0. The maximum atomic E-state index is 10.8. The minimum atomic E-state index is -0.132. The third-order valence-electron chi connectivity index (χ3n) is 1.98. The lowest BCUT2D eigenvalue weighted by molar-refractivity contribution is -0.121. The van der Waals surface area contributed by atoms with E-state index in [-0.39, 0.29) is 11.9 Å². The molecule has 0 aromatic carbocycles. The fraction of sp³-hybridized carbons (Fsp3) is 0.500. The second kappa shape index (κ2) is 4.61. The van der Waals surface area contributed by atoms with Gasteiger partial charge in [0.25, 0.3) is 0 Å². The van der Waals surface area contributed by atoms with Gasteiger partial charge < -0.3 is 4.57 Å². The van der Waals surface area contributed by atoms with Crippen molar-refractivity contribution in [3.05, 3.63) is 18.7 Å². The van der Waals surface area contributed by atoms with Crippen LogP contribution in [0.5, 0.6) is 0 Å². The monoisotopic (exact) mass is 182 g/mol. The summed E-state index contributed by atoms with van der Waals surface area (Å²) in [5.41, 5.74) is 2.10. The molecule has 0 saturated carbocycles. The van der Waals surface area contributed by atoms with E-state index < -0.39 is 0 Å². The molecule has 1 rings (SSSR count). The molecular weight excluding hydrogens is 168 g/mol. The molecule has 0 aliphatic rings. The second-order valence-corrected chi connectivity index (χ2v) is 2.97. The van der Waals surface area contributed by atoms with Gasteiger partial charge in [0.2, 0.25) is 5.91 Å². The molecule has 3 N–H and O–H groups in total. The van der Waals surface area contributed by atoms with E-state index in [0.29, 0.717) is 6.42 Å². The van der Waals surface area contributed by atoms with Crippen molar-refractivity contribution in [3.63, 3.8) is 0 Å². The van der Waals surface area contributed by atoms with Gasteiger partial charge in [-0.1, -0.05) is 0 Å². The van der Waals surface area contributed by atoms with Crippen molar-refractivity contribution < 1.29 is 4.79 Å². The number of carbonyl (C=O) groups is 1. The highest BCUT2D eigenvalue weighted by atomic mass is 16.2. The summed E-state index contributed by atoms with van der Waals surface area (Å²) in [6, 6.07) is 0.278. The molecule has 0 saturated heterocycles. The van der Waals surface area contributed by atoms with Crippen molar-refractivity contribution in [1.29, 1.82) is 0 Å². The summed E-state index contributed by atoms with van der Waals surface area (Å²) in [4.78, 5) is 14.8. The Morgan fingerprint density at radius 2 is 2.54 bits per heavy atom. The molecule has 13 heavy (non-hydrogen) atoms. The number of aromatic nitrogens is 2. The van der Waals surface area contributed by atoms with Crippen LogP contribution in [0.1, 0.15) is 25.8 Å². The topological polar surface area (TPSA) is 72.9 Å². The molecule has 0 fully saturated rings. The van der Waals surface area contributed by atoms with Crippen LogP contribution in [0, 0.1) is 0 Å². The van der Waals surface area contributed by atoms with Gasteiger partial charge >= 0.3 is 0 Å². The van der Waals surface area contributed by atoms with E-state index in [0.717, 1.165) is 6.42 Å². The molecule has 5 heteroatoms. The molecule has 0 aliphatic carbocycles. The Kier molecular flexibility index (Phi) is 3.45.